The van der Waals surface area contributed by atoms with E-state index >= 15 is 0 Å². The fourth-order valence-corrected chi connectivity index (χ4v) is 2.18. The summed E-state index contributed by atoms with van der Waals surface area (Å²) in [5.74, 6) is 0. The number of hydrogen-bond donors (Lipinski definition) is 1. The van der Waals surface area contributed by atoms with Gasteiger partial charge in [0.2, 0.25) is 0 Å². The fourth-order valence-electron chi connectivity index (χ4n) is 2.18. The molecule has 0 aliphatic carbocycles. The van der Waals surface area contributed by atoms with Crippen LogP contribution in [0, 0.1) is 6.92 Å². The Labute approximate surface area is 112 Å². The molecule has 0 aromatic heterocycles. The Morgan fingerprint density at radius 3 is 2.50 bits per heavy atom. The predicted octanol–water partition coefficient (Wildman–Crippen LogP) is 3.60. The smallest absolute Gasteiger partial charge is 0.0386 e. The largest absolute Gasteiger partial charge is 0.368 e. The Morgan fingerprint density at radius 1 is 1.22 bits per heavy atom. The second-order valence-electron chi connectivity index (χ2n) is 5.19. The van der Waals surface area contributed by atoms with E-state index in [-0.39, 0.29) is 0 Å². The topological polar surface area (TPSA) is 15.3 Å². The molecule has 102 valence electrons. The minimum Gasteiger partial charge on any atom is -0.368 e. The van der Waals surface area contributed by atoms with Crippen molar-refractivity contribution >= 4 is 5.69 Å². The molecule has 2 heteroatoms. The highest BCUT2D eigenvalue weighted by Gasteiger charge is 2.13. The second-order valence-corrected chi connectivity index (χ2v) is 5.19. The van der Waals surface area contributed by atoms with Crippen molar-refractivity contribution in [1.29, 1.82) is 0 Å². The first-order valence-corrected chi connectivity index (χ1v) is 7.15. The average molecular weight is 248 g/mol. The van der Waals surface area contributed by atoms with E-state index in [4.69, 9.17) is 0 Å². The normalized spacial score (nSPS) is 14.3. The van der Waals surface area contributed by atoms with E-state index < -0.39 is 0 Å². The third-order valence-corrected chi connectivity index (χ3v) is 3.58. The van der Waals surface area contributed by atoms with Gasteiger partial charge in [0, 0.05) is 30.9 Å². The molecule has 0 saturated heterocycles. The van der Waals surface area contributed by atoms with Gasteiger partial charge in [-0.25, -0.2) is 0 Å². The number of likely N-dealkylation sites (N-methyl/N-ethyl adjacent to an activating group) is 1. The van der Waals surface area contributed by atoms with Gasteiger partial charge in [0.15, 0.2) is 0 Å². The van der Waals surface area contributed by atoms with Crippen molar-refractivity contribution in [2.75, 3.05) is 18.0 Å². The van der Waals surface area contributed by atoms with Crippen molar-refractivity contribution in [2.45, 2.75) is 53.1 Å². The van der Waals surface area contributed by atoms with Gasteiger partial charge in [0.05, 0.1) is 0 Å². The van der Waals surface area contributed by atoms with Gasteiger partial charge in [0.1, 0.15) is 0 Å². The van der Waals surface area contributed by atoms with E-state index in [9.17, 15) is 0 Å². The highest BCUT2D eigenvalue weighted by molar-refractivity contribution is 5.49. The first-order valence-electron chi connectivity index (χ1n) is 7.15. The van der Waals surface area contributed by atoms with Crippen molar-refractivity contribution in [3.63, 3.8) is 0 Å². The Kier molecular flexibility index (Phi) is 6.20. The molecule has 0 spiro atoms. The van der Waals surface area contributed by atoms with E-state index in [0.29, 0.717) is 12.1 Å². The van der Waals surface area contributed by atoms with E-state index in [1.165, 1.54) is 17.7 Å². The zero-order valence-corrected chi connectivity index (χ0v) is 12.5. The third-order valence-electron chi connectivity index (χ3n) is 3.58. The van der Waals surface area contributed by atoms with Crippen molar-refractivity contribution < 1.29 is 0 Å². The van der Waals surface area contributed by atoms with Crippen molar-refractivity contribution in [3.05, 3.63) is 29.8 Å². The zero-order valence-electron chi connectivity index (χ0n) is 12.5. The van der Waals surface area contributed by atoms with Crippen LogP contribution in [0.4, 0.5) is 5.69 Å². The van der Waals surface area contributed by atoms with Gasteiger partial charge >= 0.3 is 0 Å². The van der Waals surface area contributed by atoms with Crippen molar-refractivity contribution in [2.24, 2.45) is 0 Å². The summed E-state index contributed by atoms with van der Waals surface area (Å²) >= 11 is 0. The lowest BCUT2D eigenvalue weighted by molar-refractivity contribution is 0.490. The number of nitrogens with zero attached hydrogens (tertiary/aromatic N) is 1. The molecule has 2 atom stereocenters. The number of nitrogens with one attached hydrogen (secondary N) is 1. The molecule has 1 aromatic rings. The van der Waals surface area contributed by atoms with Gasteiger partial charge in [-0.1, -0.05) is 19.1 Å². The number of anilines is 1. The van der Waals surface area contributed by atoms with Gasteiger partial charge in [-0.2, -0.15) is 0 Å². The molecular formula is C16H28N2. The first kappa shape index (κ1) is 15.0. The molecule has 2 nitrogen and oxygen atoms in total. The Balaban J connectivity index is 2.65. The van der Waals surface area contributed by atoms with Crippen molar-refractivity contribution in [1.82, 2.24) is 5.32 Å². The third kappa shape index (κ3) is 4.34. The molecular weight excluding hydrogens is 220 g/mol. The summed E-state index contributed by atoms with van der Waals surface area (Å²) in [6.07, 6.45) is 1.18. The molecule has 0 heterocycles. The summed E-state index contributed by atoms with van der Waals surface area (Å²) in [5, 5.41) is 3.59. The quantitative estimate of drug-likeness (QED) is 0.793. The SMILES string of the molecule is CCC(C)NCC(C)N(CC)c1cccc(C)c1. The lowest BCUT2D eigenvalue weighted by Gasteiger charge is -2.31. The Hall–Kier alpha value is -1.02. The highest BCUT2D eigenvalue weighted by atomic mass is 15.2. The first-order chi connectivity index (χ1) is 8.58. The molecule has 1 aromatic carbocycles. The predicted molar refractivity (Wildman–Crippen MR) is 81.4 cm³/mol. The molecule has 0 radical (unpaired) electrons. The monoisotopic (exact) mass is 248 g/mol. The second kappa shape index (κ2) is 7.42. The molecule has 1 N–H and O–H groups in total. The van der Waals surface area contributed by atoms with E-state index in [2.05, 4.69) is 69.1 Å². The van der Waals surface area contributed by atoms with Crippen LogP contribution in [0.15, 0.2) is 24.3 Å². The summed E-state index contributed by atoms with van der Waals surface area (Å²) in [7, 11) is 0. The molecule has 1 rings (SSSR count). The molecule has 0 fully saturated rings. The summed E-state index contributed by atoms with van der Waals surface area (Å²) in [5.41, 5.74) is 2.66. The molecule has 0 bridgehead atoms. The van der Waals surface area contributed by atoms with Gasteiger partial charge in [-0.3, -0.25) is 0 Å². The van der Waals surface area contributed by atoms with Crippen molar-refractivity contribution in [3.8, 4) is 0 Å². The van der Waals surface area contributed by atoms with Gasteiger partial charge < -0.3 is 10.2 Å². The van der Waals surface area contributed by atoms with Crippen LogP contribution in [0.1, 0.15) is 39.7 Å². The number of hydrogen-bond acceptors (Lipinski definition) is 2. The standard InChI is InChI=1S/C16H28N2/c1-6-14(4)17-12-15(5)18(7-2)16-10-8-9-13(3)11-16/h8-11,14-15,17H,6-7,12H2,1-5H3. The average Bonchev–Trinajstić information content (AvgIpc) is 2.37. The molecule has 18 heavy (non-hydrogen) atoms. The maximum Gasteiger partial charge on any atom is 0.0386 e. The lowest BCUT2D eigenvalue weighted by Crippen LogP contribution is -2.42. The number of aryl methyl sites for hydroxylation is 1. The minimum atomic E-state index is 0.519. The fraction of sp³-hybridized carbons (Fsp3) is 0.625. The van der Waals surface area contributed by atoms with Gasteiger partial charge in [-0.15, -0.1) is 0 Å². The van der Waals surface area contributed by atoms with Crippen LogP contribution in [0.5, 0.6) is 0 Å². The van der Waals surface area contributed by atoms with E-state index in [0.717, 1.165) is 13.1 Å². The van der Waals surface area contributed by atoms with Gasteiger partial charge in [0.25, 0.3) is 0 Å². The summed E-state index contributed by atoms with van der Waals surface area (Å²) in [6.45, 7) is 13.2. The minimum absolute atomic E-state index is 0.519. The maximum absolute atomic E-state index is 3.59. The Bertz CT molecular complexity index is 349. The molecule has 2 unspecified atom stereocenters. The van der Waals surface area contributed by atoms with Crippen LogP contribution in [0.3, 0.4) is 0 Å². The highest BCUT2D eigenvalue weighted by Crippen LogP contribution is 2.18. The molecule has 0 amide bonds. The maximum atomic E-state index is 3.59. The summed E-state index contributed by atoms with van der Waals surface area (Å²) in [6, 6.07) is 9.88. The van der Waals surface area contributed by atoms with Crippen LogP contribution in [0.2, 0.25) is 0 Å². The molecule has 0 saturated carbocycles. The Morgan fingerprint density at radius 2 is 1.94 bits per heavy atom. The van der Waals surface area contributed by atoms with Gasteiger partial charge in [-0.05, 0) is 51.8 Å². The molecule has 0 aliphatic heterocycles. The van der Waals surface area contributed by atoms with Crippen LogP contribution in [-0.4, -0.2) is 25.2 Å². The van der Waals surface area contributed by atoms with E-state index in [1.54, 1.807) is 0 Å². The van der Waals surface area contributed by atoms with Crippen LogP contribution < -0.4 is 10.2 Å². The number of benzene rings is 1. The summed E-state index contributed by atoms with van der Waals surface area (Å²) < 4.78 is 0. The van der Waals surface area contributed by atoms with Crippen LogP contribution in [0.25, 0.3) is 0 Å². The molecule has 0 aliphatic rings. The van der Waals surface area contributed by atoms with Crippen LogP contribution >= 0.6 is 0 Å². The van der Waals surface area contributed by atoms with Crippen LogP contribution in [-0.2, 0) is 0 Å². The van der Waals surface area contributed by atoms with E-state index in [1.807, 2.05) is 0 Å². The number of rotatable bonds is 7. The zero-order chi connectivity index (χ0) is 13.5. The summed E-state index contributed by atoms with van der Waals surface area (Å²) in [4.78, 5) is 2.46. The lowest BCUT2D eigenvalue weighted by atomic mass is 10.1.